The van der Waals surface area contributed by atoms with E-state index in [-0.39, 0.29) is 18.2 Å². The average Bonchev–Trinajstić information content (AvgIpc) is 3.11. The van der Waals surface area contributed by atoms with Crippen molar-refractivity contribution in [3.05, 3.63) is 72.3 Å². The number of anilines is 2. The highest BCUT2D eigenvalue weighted by Crippen LogP contribution is 2.32. The Bertz CT molecular complexity index is 1080. The van der Waals surface area contributed by atoms with Crippen molar-refractivity contribution in [3.63, 3.8) is 0 Å². The number of nitrogens with one attached hydrogen (secondary N) is 1. The Hall–Kier alpha value is -3.65. The molecule has 1 saturated heterocycles. The number of hydrogen-bond donors (Lipinski definition) is 1. The van der Waals surface area contributed by atoms with Gasteiger partial charge in [0.25, 0.3) is 0 Å². The molecule has 0 aromatic heterocycles. The summed E-state index contributed by atoms with van der Waals surface area (Å²) in [6, 6.07) is 23.1. The standard InChI is InChI=1S/C23H19N3O2/c24-13-12-16-8-10-19(11-9-16)25-23(28)18-14-22(27)26(15-18)21-7-3-5-17-4-1-2-6-20(17)21/h1-11,18H,12,14-15H2,(H,25,28). The molecule has 1 atom stereocenters. The molecule has 138 valence electrons. The lowest BCUT2D eigenvalue weighted by Gasteiger charge is -2.19. The molecule has 1 heterocycles. The van der Waals surface area contributed by atoms with Gasteiger partial charge in [-0.3, -0.25) is 9.59 Å². The van der Waals surface area contributed by atoms with Gasteiger partial charge in [0.05, 0.1) is 24.1 Å². The summed E-state index contributed by atoms with van der Waals surface area (Å²) in [4.78, 5) is 27.0. The van der Waals surface area contributed by atoms with E-state index in [4.69, 9.17) is 5.26 Å². The smallest absolute Gasteiger partial charge is 0.229 e. The molecule has 28 heavy (non-hydrogen) atoms. The fourth-order valence-corrected chi connectivity index (χ4v) is 3.60. The Morgan fingerprint density at radius 1 is 1.07 bits per heavy atom. The van der Waals surface area contributed by atoms with E-state index in [1.165, 1.54) is 0 Å². The lowest BCUT2D eigenvalue weighted by Crippen LogP contribution is -2.28. The van der Waals surface area contributed by atoms with Crippen LogP contribution in [-0.2, 0) is 16.0 Å². The van der Waals surface area contributed by atoms with E-state index in [1.807, 2.05) is 54.6 Å². The van der Waals surface area contributed by atoms with E-state index in [2.05, 4.69) is 11.4 Å². The monoisotopic (exact) mass is 369 g/mol. The van der Waals surface area contributed by atoms with Crippen LogP contribution in [0.15, 0.2) is 66.7 Å². The molecule has 5 nitrogen and oxygen atoms in total. The Labute approximate surface area is 163 Å². The third-order valence-corrected chi connectivity index (χ3v) is 5.06. The normalized spacial score (nSPS) is 16.2. The molecule has 3 aromatic carbocycles. The molecule has 2 amide bonds. The number of nitrogens with zero attached hydrogens (tertiary/aromatic N) is 2. The van der Waals surface area contributed by atoms with Crippen LogP contribution < -0.4 is 10.2 Å². The molecule has 0 radical (unpaired) electrons. The van der Waals surface area contributed by atoms with Crippen molar-refractivity contribution in [3.8, 4) is 6.07 Å². The first kappa shape index (κ1) is 17.7. The van der Waals surface area contributed by atoms with E-state index in [0.29, 0.717) is 18.7 Å². The summed E-state index contributed by atoms with van der Waals surface area (Å²) in [6.45, 7) is 0.366. The van der Waals surface area contributed by atoms with Crippen molar-refractivity contribution in [2.24, 2.45) is 5.92 Å². The number of carbonyl (C=O) groups excluding carboxylic acids is 2. The van der Waals surface area contributed by atoms with Crippen LogP contribution in [0.1, 0.15) is 12.0 Å². The zero-order valence-electron chi connectivity index (χ0n) is 15.3. The second-order valence-corrected chi connectivity index (χ2v) is 6.92. The van der Waals surface area contributed by atoms with E-state index >= 15 is 0 Å². The molecular formula is C23H19N3O2. The van der Waals surface area contributed by atoms with Crippen molar-refractivity contribution >= 4 is 34.0 Å². The van der Waals surface area contributed by atoms with E-state index in [0.717, 1.165) is 22.0 Å². The number of benzene rings is 3. The molecule has 4 rings (SSSR count). The predicted octanol–water partition coefficient (Wildman–Crippen LogP) is 3.90. The lowest BCUT2D eigenvalue weighted by atomic mass is 10.1. The maximum atomic E-state index is 12.7. The van der Waals surface area contributed by atoms with Crippen molar-refractivity contribution in [2.45, 2.75) is 12.8 Å². The Kier molecular flexibility index (Phi) is 4.77. The minimum absolute atomic E-state index is 0.0409. The van der Waals surface area contributed by atoms with Crippen LogP contribution in [0.3, 0.4) is 0 Å². The number of fused-ring (bicyclic) bond motifs is 1. The molecule has 0 spiro atoms. The van der Waals surface area contributed by atoms with Crippen molar-refractivity contribution in [1.82, 2.24) is 0 Å². The van der Waals surface area contributed by atoms with Gasteiger partial charge in [-0.15, -0.1) is 0 Å². The van der Waals surface area contributed by atoms with Crippen LogP contribution in [0.25, 0.3) is 10.8 Å². The first-order valence-corrected chi connectivity index (χ1v) is 9.20. The highest BCUT2D eigenvalue weighted by atomic mass is 16.2. The Morgan fingerprint density at radius 3 is 2.61 bits per heavy atom. The minimum atomic E-state index is -0.398. The van der Waals surface area contributed by atoms with Crippen molar-refractivity contribution in [2.75, 3.05) is 16.8 Å². The molecule has 1 unspecified atom stereocenters. The van der Waals surface area contributed by atoms with Gasteiger partial charge in [-0.2, -0.15) is 5.26 Å². The quantitative estimate of drug-likeness (QED) is 0.758. The predicted molar refractivity (Wildman–Crippen MR) is 109 cm³/mol. The van der Waals surface area contributed by atoms with Gasteiger partial charge in [-0.1, -0.05) is 48.5 Å². The van der Waals surface area contributed by atoms with Gasteiger partial charge < -0.3 is 10.2 Å². The summed E-state index contributed by atoms with van der Waals surface area (Å²) in [7, 11) is 0. The second-order valence-electron chi connectivity index (χ2n) is 6.92. The summed E-state index contributed by atoms with van der Waals surface area (Å²) < 4.78 is 0. The summed E-state index contributed by atoms with van der Waals surface area (Å²) in [5.41, 5.74) is 2.42. The third-order valence-electron chi connectivity index (χ3n) is 5.06. The van der Waals surface area contributed by atoms with Gasteiger partial charge in [-0.05, 0) is 29.1 Å². The van der Waals surface area contributed by atoms with E-state index in [9.17, 15) is 9.59 Å². The molecular weight excluding hydrogens is 350 g/mol. The molecule has 0 bridgehead atoms. The van der Waals surface area contributed by atoms with Gasteiger partial charge in [-0.25, -0.2) is 0 Å². The van der Waals surface area contributed by atoms with Gasteiger partial charge in [0.2, 0.25) is 11.8 Å². The van der Waals surface area contributed by atoms with E-state index < -0.39 is 5.92 Å². The highest BCUT2D eigenvalue weighted by Gasteiger charge is 2.35. The van der Waals surface area contributed by atoms with Crippen molar-refractivity contribution < 1.29 is 9.59 Å². The van der Waals surface area contributed by atoms with Gasteiger partial charge in [0, 0.05) is 24.0 Å². The first-order chi connectivity index (χ1) is 13.7. The van der Waals surface area contributed by atoms with Crippen LogP contribution in [0.5, 0.6) is 0 Å². The van der Waals surface area contributed by atoms with Crippen LogP contribution in [0.4, 0.5) is 11.4 Å². The molecule has 1 N–H and O–H groups in total. The number of rotatable bonds is 4. The number of nitriles is 1. The maximum Gasteiger partial charge on any atom is 0.229 e. The first-order valence-electron chi connectivity index (χ1n) is 9.20. The summed E-state index contributed by atoms with van der Waals surface area (Å²) in [6.07, 6.45) is 0.535. The molecule has 1 aliphatic heterocycles. The Morgan fingerprint density at radius 2 is 1.82 bits per heavy atom. The van der Waals surface area contributed by atoms with Gasteiger partial charge in [0.15, 0.2) is 0 Å². The SMILES string of the molecule is N#CCc1ccc(NC(=O)C2CC(=O)N(c3cccc4ccccc34)C2)cc1. The molecule has 1 fully saturated rings. The fraction of sp³-hybridized carbons (Fsp3) is 0.174. The van der Waals surface area contributed by atoms with E-state index in [1.54, 1.807) is 17.0 Å². The summed E-state index contributed by atoms with van der Waals surface area (Å²) in [5.74, 6) is -0.602. The summed E-state index contributed by atoms with van der Waals surface area (Å²) >= 11 is 0. The van der Waals surface area contributed by atoms with Crippen LogP contribution in [0.2, 0.25) is 0 Å². The van der Waals surface area contributed by atoms with Crippen LogP contribution in [0, 0.1) is 17.2 Å². The van der Waals surface area contributed by atoms with Gasteiger partial charge >= 0.3 is 0 Å². The average molecular weight is 369 g/mol. The third kappa shape index (κ3) is 3.45. The molecule has 0 saturated carbocycles. The number of amides is 2. The zero-order valence-corrected chi connectivity index (χ0v) is 15.3. The molecule has 0 aliphatic carbocycles. The highest BCUT2D eigenvalue weighted by molar-refractivity contribution is 6.08. The van der Waals surface area contributed by atoms with Gasteiger partial charge in [0.1, 0.15) is 0 Å². The molecule has 5 heteroatoms. The molecule has 1 aliphatic rings. The summed E-state index contributed by atoms with van der Waals surface area (Å²) in [5, 5.41) is 13.7. The van der Waals surface area contributed by atoms with Crippen LogP contribution >= 0.6 is 0 Å². The Balaban J connectivity index is 1.49. The molecule has 3 aromatic rings. The largest absolute Gasteiger partial charge is 0.326 e. The zero-order chi connectivity index (χ0) is 19.5. The lowest BCUT2D eigenvalue weighted by molar-refractivity contribution is -0.122. The topological polar surface area (TPSA) is 73.2 Å². The fourth-order valence-electron chi connectivity index (χ4n) is 3.60. The second kappa shape index (κ2) is 7.53. The minimum Gasteiger partial charge on any atom is -0.326 e. The van der Waals surface area contributed by atoms with Crippen LogP contribution in [-0.4, -0.2) is 18.4 Å². The number of carbonyl (C=O) groups is 2. The van der Waals surface area contributed by atoms with Crippen molar-refractivity contribution in [1.29, 1.82) is 5.26 Å². The number of hydrogen-bond acceptors (Lipinski definition) is 3. The maximum absolute atomic E-state index is 12.7.